The minimum Gasteiger partial charge on any atom is -0.481 e. The van der Waals surface area contributed by atoms with E-state index in [9.17, 15) is 77.0 Å². The number of benzene rings is 2. The molecule has 2 amide bonds. The molecule has 2 aliphatic carbocycles. The Bertz CT molecular complexity index is 2200. The SMILES string of the molecule is CC(C)(C)OC(=O)C1(c2cc(Cl)cc(CN3CCN(C(=O)OC(C(F)(F)F)C(F)(F)F)CC3)c2)CCCC1.O=C(OC(C(F)(F)F)C(F)(F)F)N1CCN(Cc2cc(Cl)cc(C3(C(=O)O)CCCC3)c2)CC1. The lowest BCUT2D eigenvalue weighted by Gasteiger charge is -2.35. The Morgan fingerprint density at radius 2 is 0.861 bits per heavy atom. The number of piperazine rings is 2. The molecule has 26 heteroatoms. The summed E-state index contributed by atoms with van der Waals surface area (Å²) in [6, 6.07) is 10.5. The van der Waals surface area contributed by atoms with Gasteiger partial charge in [-0.25, -0.2) is 9.59 Å². The van der Waals surface area contributed by atoms with Crippen LogP contribution in [0.1, 0.15) is 94.4 Å². The zero-order valence-electron chi connectivity index (χ0n) is 39.2. The van der Waals surface area contributed by atoms with E-state index in [1.54, 1.807) is 51.1 Å². The number of ether oxygens (including phenoxy) is 3. The first-order valence-electron chi connectivity index (χ1n) is 22.8. The van der Waals surface area contributed by atoms with Gasteiger partial charge >= 0.3 is 48.8 Å². The van der Waals surface area contributed by atoms with Crippen molar-refractivity contribution < 1.29 is 91.2 Å². The molecule has 12 nitrogen and oxygen atoms in total. The second-order valence-corrected chi connectivity index (χ2v) is 20.2. The summed E-state index contributed by atoms with van der Waals surface area (Å²) < 4.78 is 165. The maximum Gasteiger partial charge on any atom is 0.434 e. The summed E-state index contributed by atoms with van der Waals surface area (Å²) in [7, 11) is 0. The van der Waals surface area contributed by atoms with Crippen LogP contribution in [0.15, 0.2) is 36.4 Å². The smallest absolute Gasteiger partial charge is 0.434 e. The highest BCUT2D eigenvalue weighted by Gasteiger charge is 2.61. The molecule has 2 heterocycles. The van der Waals surface area contributed by atoms with Crippen molar-refractivity contribution >= 4 is 47.3 Å². The predicted molar refractivity (Wildman–Crippen MR) is 235 cm³/mol. The number of hydrogen-bond acceptors (Lipinski definition) is 9. The van der Waals surface area contributed by atoms with Crippen LogP contribution in [0, 0.1) is 0 Å². The van der Waals surface area contributed by atoms with Gasteiger partial charge in [-0.05, 0) is 93.0 Å². The van der Waals surface area contributed by atoms with Crippen LogP contribution in [0.4, 0.5) is 62.3 Å². The lowest BCUT2D eigenvalue weighted by atomic mass is 9.78. The summed E-state index contributed by atoms with van der Waals surface area (Å²) in [4.78, 5) is 54.5. The molecule has 0 unspecified atom stereocenters. The highest BCUT2D eigenvalue weighted by atomic mass is 35.5. The molecule has 2 aromatic carbocycles. The Hall–Kier alpha value is -4.42. The molecule has 6 rings (SSSR count). The van der Waals surface area contributed by atoms with E-state index in [1.807, 2.05) is 15.9 Å². The van der Waals surface area contributed by atoms with Gasteiger partial charge in [0.15, 0.2) is 0 Å². The normalized spacial score (nSPS) is 19.3. The summed E-state index contributed by atoms with van der Waals surface area (Å²) in [5.41, 5.74) is 0.382. The van der Waals surface area contributed by atoms with Crippen molar-refractivity contribution in [2.45, 2.75) is 139 Å². The maximum atomic E-state index is 13.2. The van der Waals surface area contributed by atoms with Crippen LogP contribution in [0.2, 0.25) is 10.0 Å². The standard InChI is InChI=1S/C25H31ClF6N2O4.C21H23ClF6N2O4/c1-22(2,3)38-20(35)23(6-4-5-7-23)17-12-16(13-18(26)14-17)15-33-8-10-34(11-9-33)21(36)37-19(24(27,28)29)25(30,31)32;22-15-10-13(9-14(11-15)19(17(31)32)3-1-2-4-19)12-29-5-7-30(8-6-29)18(33)34-16(20(23,24)25)21(26,27)28/h12-14,19H,4-11,15H2,1-3H3;9-11,16H,1-8,12H2,(H,31,32). The topological polar surface area (TPSA) is 129 Å². The molecule has 0 bridgehead atoms. The van der Waals surface area contributed by atoms with Gasteiger partial charge in [0.25, 0.3) is 12.2 Å². The number of carbonyl (C=O) groups is 4. The van der Waals surface area contributed by atoms with E-state index in [2.05, 4.69) is 9.47 Å². The van der Waals surface area contributed by atoms with E-state index < -0.39 is 71.5 Å². The number of carboxylic acid groups (broad SMARTS) is 1. The number of carboxylic acids is 1. The number of nitrogens with zero attached hydrogens (tertiary/aromatic N) is 4. The molecule has 2 aromatic rings. The van der Waals surface area contributed by atoms with Crippen molar-refractivity contribution in [3.8, 4) is 0 Å². The summed E-state index contributed by atoms with van der Waals surface area (Å²) in [5.74, 6) is -1.22. The molecule has 72 heavy (non-hydrogen) atoms. The van der Waals surface area contributed by atoms with E-state index >= 15 is 0 Å². The van der Waals surface area contributed by atoms with Crippen molar-refractivity contribution in [3.05, 3.63) is 68.7 Å². The van der Waals surface area contributed by atoms with E-state index in [0.29, 0.717) is 54.4 Å². The van der Waals surface area contributed by atoms with Crippen LogP contribution in [-0.4, -0.2) is 144 Å². The van der Waals surface area contributed by atoms with E-state index in [0.717, 1.165) is 52.2 Å². The van der Waals surface area contributed by atoms with Crippen LogP contribution in [0.25, 0.3) is 0 Å². The van der Waals surface area contributed by atoms with Crippen molar-refractivity contribution in [1.29, 1.82) is 0 Å². The molecule has 4 fully saturated rings. The average molecular weight is 1090 g/mol. The molecule has 2 saturated carbocycles. The van der Waals surface area contributed by atoms with Crippen molar-refractivity contribution in [3.63, 3.8) is 0 Å². The molecule has 0 spiro atoms. The number of rotatable bonds is 10. The van der Waals surface area contributed by atoms with Gasteiger partial charge in [-0.2, -0.15) is 52.7 Å². The van der Waals surface area contributed by atoms with Crippen molar-refractivity contribution in [2.24, 2.45) is 0 Å². The Labute approximate surface area is 416 Å². The van der Waals surface area contributed by atoms with Gasteiger partial charge in [-0.3, -0.25) is 19.4 Å². The van der Waals surface area contributed by atoms with Gasteiger partial charge in [0.1, 0.15) is 5.60 Å². The van der Waals surface area contributed by atoms with E-state index in [4.69, 9.17) is 27.9 Å². The molecule has 2 saturated heterocycles. The lowest BCUT2D eigenvalue weighted by Crippen LogP contribution is -2.52. The van der Waals surface area contributed by atoms with E-state index in [-0.39, 0.29) is 58.3 Å². The van der Waals surface area contributed by atoms with Gasteiger partial charge in [-0.15, -0.1) is 0 Å². The van der Waals surface area contributed by atoms with Crippen LogP contribution >= 0.6 is 23.2 Å². The number of alkyl halides is 12. The molecular weight excluding hydrogens is 1040 g/mol. The van der Waals surface area contributed by atoms with Gasteiger partial charge < -0.3 is 29.1 Å². The van der Waals surface area contributed by atoms with Crippen molar-refractivity contribution in [2.75, 3.05) is 52.4 Å². The first-order valence-corrected chi connectivity index (χ1v) is 23.6. The molecule has 0 aromatic heterocycles. The zero-order chi connectivity index (χ0) is 53.8. The van der Waals surface area contributed by atoms with Crippen LogP contribution in [0.3, 0.4) is 0 Å². The van der Waals surface area contributed by atoms with Gasteiger partial charge in [0, 0.05) is 75.5 Å². The quantitative estimate of drug-likeness (QED) is 0.139. The number of esters is 1. The van der Waals surface area contributed by atoms with Crippen LogP contribution in [0.5, 0.6) is 0 Å². The average Bonchev–Trinajstić information content (AvgIpc) is 3.96. The van der Waals surface area contributed by atoms with Crippen molar-refractivity contribution in [1.82, 2.24) is 19.6 Å². The predicted octanol–water partition coefficient (Wildman–Crippen LogP) is 11.2. The number of hydrogen-bond donors (Lipinski definition) is 1. The minimum absolute atomic E-state index is 0.115. The number of amides is 2. The fourth-order valence-electron chi connectivity index (χ4n) is 9.29. The summed E-state index contributed by atoms with van der Waals surface area (Å²) >= 11 is 12.6. The highest BCUT2D eigenvalue weighted by Crippen LogP contribution is 2.45. The molecular formula is C46H54Cl2F12N4O8. The highest BCUT2D eigenvalue weighted by molar-refractivity contribution is 6.31. The number of halogens is 14. The fourth-order valence-corrected chi connectivity index (χ4v) is 9.80. The van der Waals surface area contributed by atoms with E-state index in [1.165, 1.54) is 0 Å². The Morgan fingerprint density at radius 3 is 1.17 bits per heavy atom. The Morgan fingerprint density at radius 1 is 0.542 bits per heavy atom. The monoisotopic (exact) mass is 1090 g/mol. The number of carbonyl (C=O) groups excluding carboxylic acids is 3. The third kappa shape index (κ3) is 15.1. The third-order valence-electron chi connectivity index (χ3n) is 12.8. The largest absolute Gasteiger partial charge is 0.481 e. The van der Waals surface area contributed by atoms with Crippen LogP contribution < -0.4 is 0 Å². The second-order valence-electron chi connectivity index (χ2n) is 19.3. The minimum atomic E-state index is -5.77. The van der Waals surface area contributed by atoms with Gasteiger partial charge in [0.05, 0.1) is 10.8 Å². The Kier molecular flexibility index (Phi) is 18.3. The summed E-state index contributed by atoms with van der Waals surface area (Å²) in [5, 5.41) is 10.6. The second kappa shape index (κ2) is 22.6. The number of aliphatic carboxylic acids is 1. The summed E-state index contributed by atoms with van der Waals surface area (Å²) in [6.45, 7) is 6.32. The molecule has 2 aliphatic heterocycles. The molecule has 1 N–H and O–H groups in total. The molecule has 0 atom stereocenters. The van der Waals surface area contributed by atoms with Gasteiger partial charge in [-0.1, -0.05) is 61.0 Å². The van der Waals surface area contributed by atoms with Gasteiger partial charge in [0.2, 0.25) is 0 Å². The third-order valence-corrected chi connectivity index (χ3v) is 13.3. The fraction of sp³-hybridized carbons (Fsp3) is 0.652. The summed E-state index contributed by atoms with van der Waals surface area (Å²) in [6.07, 6.45) is -29.3. The maximum absolute atomic E-state index is 13.2. The molecule has 404 valence electrons. The zero-order valence-corrected chi connectivity index (χ0v) is 40.7. The molecule has 0 radical (unpaired) electrons. The molecule has 4 aliphatic rings. The first-order chi connectivity index (χ1) is 33.1. The lowest BCUT2D eigenvalue weighted by molar-refractivity contribution is -0.309. The Balaban J connectivity index is 0.000000269. The van der Waals surface area contributed by atoms with Crippen LogP contribution in [-0.2, 0) is 47.7 Å². The first kappa shape index (κ1) is 58.5.